The number of hydrogen-bond donors (Lipinski definition) is 1. The number of rotatable bonds is 8. The van der Waals surface area contributed by atoms with Crippen molar-refractivity contribution < 1.29 is 67.0 Å². The first kappa shape index (κ1) is 43.6. The highest BCUT2D eigenvalue weighted by molar-refractivity contribution is 7.92. The average Bonchev–Trinajstić information content (AvgIpc) is 3.55. The summed E-state index contributed by atoms with van der Waals surface area (Å²) in [7, 11) is -4.67. The van der Waals surface area contributed by atoms with Crippen molar-refractivity contribution >= 4 is 22.0 Å². The maximum absolute atomic E-state index is 14.6. The normalized spacial score (nSPS) is 19.4. The molecule has 0 spiro atoms. The Hall–Kier alpha value is -4.52. The van der Waals surface area contributed by atoms with E-state index in [0.29, 0.717) is 24.3 Å². The number of carbonyl (C=O) groups is 2. The number of likely N-dealkylation sites (tertiary alicyclic amines) is 2. The molecular formula is C38H40F9N3O6S. The highest BCUT2D eigenvalue weighted by atomic mass is 32.2. The van der Waals surface area contributed by atoms with Crippen LogP contribution in [0, 0.1) is 17.5 Å². The minimum Gasteiger partial charge on any atom is -0.444 e. The third-order valence-corrected chi connectivity index (χ3v) is 12.7. The number of hydrogen-bond acceptors (Lipinski definition) is 6. The Balaban J connectivity index is 1.49. The molecule has 0 saturated carbocycles. The highest BCUT2D eigenvalue weighted by Gasteiger charge is 2.73. The first-order valence-corrected chi connectivity index (χ1v) is 19.1. The maximum atomic E-state index is 14.6. The lowest BCUT2D eigenvalue weighted by Gasteiger charge is -2.41. The molecule has 3 aromatic rings. The fourth-order valence-corrected chi connectivity index (χ4v) is 9.13. The van der Waals surface area contributed by atoms with Crippen molar-refractivity contribution in [2.75, 3.05) is 26.2 Å². The molecule has 0 aliphatic carbocycles. The predicted molar refractivity (Wildman–Crippen MR) is 187 cm³/mol. The second kappa shape index (κ2) is 15.3. The van der Waals surface area contributed by atoms with Gasteiger partial charge in [0, 0.05) is 42.8 Å². The molecule has 0 radical (unpaired) electrons. The van der Waals surface area contributed by atoms with Crippen molar-refractivity contribution in [3.63, 3.8) is 0 Å². The summed E-state index contributed by atoms with van der Waals surface area (Å²) in [4.78, 5) is 28.5. The number of urea groups is 1. The average molecular weight is 838 g/mol. The number of amides is 3. The summed E-state index contributed by atoms with van der Waals surface area (Å²) in [6, 6.07) is 7.31. The van der Waals surface area contributed by atoms with E-state index in [2.05, 4.69) is 10.1 Å². The molecule has 5 rings (SSSR count). The molecule has 0 bridgehead atoms. The molecule has 1 unspecified atom stereocenters. The first-order chi connectivity index (χ1) is 26.3. The van der Waals surface area contributed by atoms with Crippen LogP contribution < -0.4 is 5.32 Å². The van der Waals surface area contributed by atoms with Crippen molar-refractivity contribution in [3.8, 4) is 0 Å². The van der Waals surface area contributed by atoms with Gasteiger partial charge in [0.15, 0.2) is 9.84 Å². The number of ether oxygens (including phenoxy) is 2. The predicted octanol–water partition coefficient (Wildman–Crippen LogP) is 8.51. The Kier molecular flexibility index (Phi) is 11.7. The van der Waals surface area contributed by atoms with Gasteiger partial charge in [-0.05, 0) is 88.9 Å². The maximum Gasteiger partial charge on any atom is 0.430 e. The van der Waals surface area contributed by atoms with E-state index in [0.717, 1.165) is 42.5 Å². The van der Waals surface area contributed by atoms with Crippen LogP contribution in [0.15, 0.2) is 71.6 Å². The van der Waals surface area contributed by atoms with Gasteiger partial charge in [0.2, 0.25) is 0 Å². The Morgan fingerprint density at radius 2 is 1.30 bits per heavy atom. The number of piperidine rings is 1. The molecule has 9 nitrogen and oxygen atoms in total. The standard InChI is InChI=1S/C38H40F9N3O6S/c1-33(2,3)56-31(51)48-34(4)16-19-49(20-17-34)32(52)50-21-18-35(23-50,57(53,54)27-14-12-26(39)13-15-27)24-8-10-25(11-9-24)36(37(42,43)44,38(45,46)47)55-22-28-29(40)6-5-7-30(28)41/h5-15H,16-23H2,1-4H3,(H,48,51). The molecule has 0 aromatic heterocycles. The number of nitrogens with zero attached hydrogens (tertiary/aromatic N) is 2. The summed E-state index contributed by atoms with van der Waals surface area (Å²) >= 11 is 0. The smallest absolute Gasteiger partial charge is 0.430 e. The SMILES string of the molecule is CC1(NC(=O)OC(C)(C)C)CCN(C(=O)N2CCC(c3ccc(C(OCc4c(F)cccc4F)(C(F)(F)F)C(F)(F)F)cc3)(S(=O)(=O)c3ccc(F)cc3)C2)CC1. The molecule has 2 fully saturated rings. The number of halogens is 9. The van der Waals surface area contributed by atoms with Crippen LogP contribution in [0.3, 0.4) is 0 Å². The second-order valence-corrected chi connectivity index (χ2v) is 17.6. The van der Waals surface area contributed by atoms with Crippen LogP contribution in [-0.4, -0.2) is 80.0 Å². The van der Waals surface area contributed by atoms with Crippen molar-refractivity contribution in [2.45, 2.75) is 92.3 Å². The van der Waals surface area contributed by atoms with Gasteiger partial charge in [0.05, 0.1) is 11.5 Å². The lowest BCUT2D eigenvalue weighted by molar-refractivity contribution is -0.392. The molecule has 19 heteroatoms. The van der Waals surface area contributed by atoms with E-state index in [-0.39, 0.29) is 44.5 Å². The molecule has 3 amide bonds. The molecule has 57 heavy (non-hydrogen) atoms. The van der Waals surface area contributed by atoms with Gasteiger partial charge in [-0.1, -0.05) is 30.3 Å². The van der Waals surface area contributed by atoms with Crippen molar-refractivity contribution in [1.29, 1.82) is 0 Å². The van der Waals surface area contributed by atoms with Gasteiger partial charge in [-0.25, -0.2) is 31.2 Å². The summed E-state index contributed by atoms with van der Waals surface area (Å²) < 4.78 is 167. The van der Waals surface area contributed by atoms with E-state index < -0.39 is 102 Å². The van der Waals surface area contributed by atoms with E-state index in [4.69, 9.17) is 4.74 Å². The number of carbonyl (C=O) groups excluding carboxylic acids is 2. The quantitative estimate of drug-likeness (QED) is 0.180. The summed E-state index contributed by atoms with van der Waals surface area (Å²) in [5.74, 6) is -3.69. The second-order valence-electron chi connectivity index (χ2n) is 15.3. The molecule has 312 valence electrons. The molecule has 1 N–H and O–H groups in total. The van der Waals surface area contributed by atoms with E-state index >= 15 is 0 Å². The molecule has 2 aliphatic heterocycles. The van der Waals surface area contributed by atoms with Crippen LogP contribution in [0.1, 0.15) is 63.6 Å². The van der Waals surface area contributed by atoms with E-state index in [1.165, 1.54) is 9.80 Å². The number of alkyl carbamates (subject to hydrolysis) is 1. The van der Waals surface area contributed by atoms with Crippen molar-refractivity contribution in [1.82, 2.24) is 15.1 Å². The Labute approximate surface area is 323 Å². The fourth-order valence-electron chi connectivity index (χ4n) is 7.06. The third kappa shape index (κ3) is 8.54. The summed E-state index contributed by atoms with van der Waals surface area (Å²) in [6.07, 6.45) is -12.9. The molecular weight excluding hydrogens is 797 g/mol. The monoisotopic (exact) mass is 837 g/mol. The van der Waals surface area contributed by atoms with Crippen LogP contribution in [0.5, 0.6) is 0 Å². The molecule has 2 saturated heterocycles. The van der Waals surface area contributed by atoms with Crippen LogP contribution in [0.25, 0.3) is 0 Å². The van der Waals surface area contributed by atoms with Gasteiger partial charge < -0.3 is 24.6 Å². The van der Waals surface area contributed by atoms with Crippen LogP contribution in [0.2, 0.25) is 0 Å². The van der Waals surface area contributed by atoms with Gasteiger partial charge in [-0.3, -0.25) is 0 Å². The third-order valence-electron chi connectivity index (χ3n) is 10.2. The van der Waals surface area contributed by atoms with E-state index in [9.17, 15) is 57.5 Å². The van der Waals surface area contributed by atoms with Crippen LogP contribution in [-0.2, 0) is 36.3 Å². The van der Waals surface area contributed by atoms with Crippen molar-refractivity contribution in [2.24, 2.45) is 0 Å². The van der Waals surface area contributed by atoms with Gasteiger partial charge in [-0.2, -0.15) is 26.3 Å². The van der Waals surface area contributed by atoms with Crippen molar-refractivity contribution in [3.05, 3.63) is 101 Å². The van der Waals surface area contributed by atoms with Crippen LogP contribution in [0.4, 0.5) is 49.1 Å². The number of nitrogens with one attached hydrogen (secondary N) is 1. The van der Waals surface area contributed by atoms with E-state index in [1.54, 1.807) is 27.7 Å². The largest absolute Gasteiger partial charge is 0.444 e. The summed E-state index contributed by atoms with van der Waals surface area (Å²) in [6.45, 7) is 4.53. The molecule has 2 aliphatic rings. The lowest BCUT2D eigenvalue weighted by atomic mass is 9.88. The van der Waals surface area contributed by atoms with E-state index in [1.807, 2.05) is 0 Å². The zero-order chi connectivity index (χ0) is 42.4. The Morgan fingerprint density at radius 1 is 0.772 bits per heavy atom. The number of benzene rings is 3. The number of alkyl halides is 6. The minimum atomic E-state index is -6.25. The topological polar surface area (TPSA) is 105 Å². The Morgan fingerprint density at radius 3 is 1.81 bits per heavy atom. The summed E-state index contributed by atoms with van der Waals surface area (Å²) in [5, 5.41) is 2.81. The minimum absolute atomic E-state index is 0.127. The lowest BCUT2D eigenvalue weighted by Crippen LogP contribution is -2.56. The zero-order valence-electron chi connectivity index (χ0n) is 31.2. The zero-order valence-corrected chi connectivity index (χ0v) is 32.0. The molecule has 3 aromatic carbocycles. The Bertz CT molecular complexity index is 2030. The number of sulfone groups is 1. The fraction of sp³-hybridized carbons (Fsp3) is 0.474. The van der Waals surface area contributed by atoms with Gasteiger partial charge in [-0.15, -0.1) is 0 Å². The highest BCUT2D eigenvalue weighted by Crippen LogP contribution is 2.54. The van der Waals surface area contributed by atoms with Crippen LogP contribution >= 0.6 is 0 Å². The molecule has 2 heterocycles. The van der Waals surface area contributed by atoms with Gasteiger partial charge >= 0.3 is 24.5 Å². The van der Waals surface area contributed by atoms with Gasteiger partial charge in [0.25, 0.3) is 5.60 Å². The summed E-state index contributed by atoms with van der Waals surface area (Å²) in [5.41, 5.74) is -9.70. The molecule has 1 atom stereocenters. The van der Waals surface area contributed by atoms with Gasteiger partial charge in [0.1, 0.15) is 27.8 Å². The first-order valence-electron chi connectivity index (χ1n) is 17.6.